The Balaban J connectivity index is 1.67. The number of carbonyl (C=O) groups is 1. The normalized spacial score (nSPS) is 30.8. The molecule has 1 heterocycles. The average molecular weight is 360 g/mol. The van der Waals surface area contributed by atoms with Crippen molar-refractivity contribution in [2.45, 2.75) is 33.1 Å². The van der Waals surface area contributed by atoms with Gasteiger partial charge in [0.2, 0.25) is 10.0 Å². The minimum Gasteiger partial charge on any atom is -0.299 e. The Morgan fingerprint density at radius 3 is 2.56 bits per heavy atom. The molecule has 25 heavy (non-hydrogen) atoms. The summed E-state index contributed by atoms with van der Waals surface area (Å²) < 4.78 is 28.0. The number of rotatable bonds is 4. The zero-order valence-corrected chi connectivity index (χ0v) is 15.6. The van der Waals surface area contributed by atoms with Gasteiger partial charge in [0.25, 0.3) is 0 Å². The predicted octanol–water partition coefficient (Wildman–Crippen LogP) is 2.47. The van der Waals surface area contributed by atoms with Crippen LogP contribution in [0.2, 0.25) is 0 Å². The van der Waals surface area contributed by atoms with Crippen molar-refractivity contribution >= 4 is 21.6 Å². The van der Waals surface area contributed by atoms with Crippen LogP contribution in [-0.2, 0) is 14.8 Å². The number of hydrogen-bond donors (Lipinski definition) is 0. The van der Waals surface area contributed by atoms with Gasteiger partial charge >= 0.3 is 0 Å². The van der Waals surface area contributed by atoms with Gasteiger partial charge < -0.3 is 0 Å². The van der Waals surface area contributed by atoms with Crippen LogP contribution < -0.4 is 0 Å². The van der Waals surface area contributed by atoms with Crippen molar-refractivity contribution in [2.75, 3.05) is 18.8 Å². The highest BCUT2D eigenvalue weighted by Gasteiger charge is 2.65. The predicted molar refractivity (Wildman–Crippen MR) is 96.9 cm³/mol. The molecular weight excluding hydrogens is 336 g/mol. The van der Waals surface area contributed by atoms with E-state index in [1.165, 1.54) is 4.31 Å². The standard InChI is InChI=1S/C19H24N2O3S/c1-18(2)15-8-9-19(18,16(22)12-15)13-25(23,24)21-11-10-20-17(21)14-6-4-3-5-7-14/h3-7,15H,8-13H2,1-2H3/t15-,19-/m0/s1. The molecule has 2 atom stereocenters. The Hall–Kier alpha value is -1.69. The summed E-state index contributed by atoms with van der Waals surface area (Å²) in [5.74, 6) is 0.870. The fourth-order valence-corrected chi connectivity index (χ4v) is 7.26. The monoisotopic (exact) mass is 360 g/mol. The summed E-state index contributed by atoms with van der Waals surface area (Å²) in [4.78, 5) is 17.1. The molecule has 6 heteroatoms. The second-order valence-corrected chi connectivity index (χ2v) is 9.96. The van der Waals surface area contributed by atoms with Crippen LogP contribution in [0.25, 0.3) is 0 Å². The minimum atomic E-state index is -3.61. The maximum atomic E-state index is 13.3. The minimum absolute atomic E-state index is 0.0891. The molecule has 0 saturated heterocycles. The lowest BCUT2D eigenvalue weighted by Crippen LogP contribution is -2.47. The van der Waals surface area contributed by atoms with E-state index in [1.807, 2.05) is 30.3 Å². The Morgan fingerprint density at radius 2 is 1.96 bits per heavy atom. The summed E-state index contributed by atoms with van der Waals surface area (Å²) in [5, 5.41) is 0. The summed E-state index contributed by atoms with van der Waals surface area (Å²) in [6.45, 7) is 4.97. The first-order chi connectivity index (χ1) is 11.8. The summed E-state index contributed by atoms with van der Waals surface area (Å²) in [5.41, 5.74) is -0.177. The van der Waals surface area contributed by atoms with Gasteiger partial charge in [-0.2, -0.15) is 0 Å². The first-order valence-electron chi connectivity index (χ1n) is 8.91. The number of sulfonamides is 1. The molecule has 134 valence electrons. The van der Waals surface area contributed by atoms with E-state index in [4.69, 9.17) is 0 Å². The summed E-state index contributed by atoms with van der Waals surface area (Å²) in [7, 11) is -3.61. The van der Waals surface area contributed by atoms with Crippen molar-refractivity contribution in [3.63, 3.8) is 0 Å². The molecule has 2 fully saturated rings. The van der Waals surface area contributed by atoms with Gasteiger partial charge in [-0.3, -0.25) is 14.1 Å². The van der Waals surface area contributed by atoms with Gasteiger partial charge in [-0.25, -0.2) is 8.42 Å². The summed E-state index contributed by atoms with van der Waals surface area (Å²) in [6.07, 6.45) is 2.17. The highest BCUT2D eigenvalue weighted by molar-refractivity contribution is 7.89. The highest BCUT2D eigenvalue weighted by Crippen LogP contribution is 2.64. The van der Waals surface area contributed by atoms with Crippen LogP contribution in [0.3, 0.4) is 0 Å². The van der Waals surface area contributed by atoms with Crippen LogP contribution in [0.1, 0.15) is 38.7 Å². The van der Waals surface area contributed by atoms with Crippen LogP contribution in [0.15, 0.2) is 35.3 Å². The zero-order chi connectivity index (χ0) is 17.9. The average Bonchev–Trinajstić information content (AvgIpc) is 3.19. The van der Waals surface area contributed by atoms with Crippen LogP contribution in [0, 0.1) is 16.7 Å². The van der Waals surface area contributed by atoms with Crippen molar-refractivity contribution < 1.29 is 13.2 Å². The summed E-state index contributed by atoms with van der Waals surface area (Å²) >= 11 is 0. The fraction of sp³-hybridized carbons (Fsp3) is 0.579. The molecule has 1 aromatic rings. The topological polar surface area (TPSA) is 66.8 Å². The molecule has 5 nitrogen and oxygen atoms in total. The Kier molecular flexibility index (Phi) is 3.62. The van der Waals surface area contributed by atoms with Crippen LogP contribution in [-0.4, -0.2) is 43.2 Å². The molecule has 0 unspecified atom stereocenters. The number of fused-ring (bicyclic) bond motifs is 2. The lowest BCUT2D eigenvalue weighted by atomic mass is 9.70. The summed E-state index contributed by atoms with van der Waals surface area (Å²) in [6, 6.07) is 9.41. The number of aliphatic imine (C=N–C) groups is 1. The van der Waals surface area contributed by atoms with E-state index in [0.717, 1.165) is 12.0 Å². The molecular formula is C19H24N2O3S. The van der Waals surface area contributed by atoms with Crippen LogP contribution in [0.5, 0.6) is 0 Å². The van der Waals surface area contributed by atoms with Gasteiger partial charge in [0, 0.05) is 12.0 Å². The SMILES string of the molecule is CC1(C)[C@H]2CC[C@]1(CS(=O)(=O)N1CCN=C1c1ccccc1)C(=O)C2. The first kappa shape index (κ1) is 16.8. The van der Waals surface area contributed by atoms with Crippen LogP contribution in [0.4, 0.5) is 0 Å². The lowest BCUT2D eigenvalue weighted by Gasteiger charge is -2.37. The van der Waals surface area contributed by atoms with E-state index >= 15 is 0 Å². The molecule has 2 saturated carbocycles. The first-order valence-corrected chi connectivity index (χ1v) is 10.5. The van der Waals surface area contributed by atoms with Crippen molar-refractivity contribution in [3.05, 3.63) is 35.9 Å². The molecule has 0 aromatic heterocycles. The molecule has 4 rings (SSSR count). The molecule has 0 N–H and O–H groups in total. The zero-order valence-electron chi connectivity index (χ0n) is 14.7. The molecule has 0 radical (unpaired) electrons. The number of ketones is 1. The van der Waals surface area contributed by atoms with Crippen LogP contribution >= 0.6 is 0 Å². The van der Waals surface area contributed by atoms with Gasteiger partial charge in [-0.1, -0.05) is 44.2 Å². The molecule has 2 aliphatic carbocycles. The second kappa shape index (κ2) is 5.40. The molecule has 3 aliphatic rings. The third kappa shape index (κ3) is 2.30. The van der Waals surface area contributed by atoms with E-state index in [2.05, 4.69) is 18.8 Å². The number of benzene rings is 1. The quantitative estimate of drug-likeness (QED) is 0.828. The van der Waals surface area contributed by atoms with Crippen molar-refractivity contribution in [1.29, 1.82) is 0 Å². The number of Topliss-reactive ketones (excluding diaryl/α,β-unsaturated/α-hetero) is 1. The smallest absolute Gasteiger partial charge is 0.237 e. The third-order valence-electron chi connectivity index (χ3n) is 6.74. The maximum absolute atomic E-state index is 13.3. The van der Waals surface area contributed by atoms with Crippen molar-refractivity contribution in [1.82, 2.24) is 4.31 Å². The van der Waals surface area contributed by atoms with Crippen molar-refractivity contribution in [3.8, 4) is 0 Å². The number of carbonyl (C=O) groups excluding carboxylic acids is 1. The number of nitrogens with zero attached hydrogens (tertiary/aromatic N) is 2. The van der Waals surface area contributed by atoms with E-state index in [0.29, 0.717) is 37.7 Å². The van der Waals surface area contributed by atoms with E-state index in [-0.39, 0.29) is 17.0 Å². The van der Waals surface area contributed by atoms with E-state index < -0.39 is 15.4 Å². The Labute approximate surface area is 149 Å². The molecule has 1 aliphatic heterocycles. The number of hydrogen-bond acceptors (Lipinski definition) is 4. The molecule has 0 amide bonds. The largest absolute Gasteiger partial charge is 0.299 e. The molecule has 0 spiro atoms. The van der Waals surface area contributed by atoms with Gasteiger partial charge in [-0.15, -0.1) is 0 Å². The second-order valence-electron chi connectivity index (χ2n) is 8.07. The molecule has 2 bridgehead atoms. The molecule has 1 aromatic carbocycles. The maximum Gasteiger partial charge on any atom is 0.237 e. The fourth-order valence-electron chi connectivity index (χ4n) is 5.02. The van der Waals surface area contributed by atoms with Crippen molar-refractivity contribution in [2.24, 2.45) is 21.7 Å². The Bertz CT molecular complexity index is 845. The van der Waals surface area contributed by atoms with Gasteiger partial charge in [0.05, 0.1) is 24.3 Å². The van der Waals surface area contributed by atoms with E-state index in [1.54, 1.807) is 0 Å². The van der Waals surface area contributed by atoms with Gasteiger partial charge in [0.1, 0.15) is 11.6 Å². The van der Waals surface area contributed by atoms with Gasteiger partial charge in [0.15, 0.2) is 0 Å². The van der Waals surface area contributed by atoms with Gasteiger partial charge in [-0.05, 0) is 24.2 Å². The van der Waals surface area contributed by atoms with E-state index in [9.17, 15) is 13.2 Å². The lowest BCUT2D eigenvalue weighted by molar-refractivity contribution is -0.128. The Morgan fingerprint density at radius 1 is 1.24 bits per heavy atom. The third-order valence-corrected chi connectivity index (χ3v) is 8.62. The number of amidine groups is 1. The highest BCUT2D eigenvalue weighted by atomic mass is 32.2.